The first-order chi connectivity index (χ1) is 11.7. The molecule has 0 amide bonds. The molecule has 0 bridgehead atoms. The maximum Gasteiger partial charge on any atom is 0.193 e. The van der Waals surface area contributed by atoms with Crippen molar-refractivity contribution in [2.45, 2.75) is 44.9 Å². The Morgan fingerprint density at radius 1 is 1.16 bits per heavy atom. The lowest BCUT2D eigenvalue weighted by Gasteiger charge is -2.33. The van der Waals surface area contributed by atoms with E-state index >= 15 is 0 Å². The summed E-state index contributed by atoms with van der Waals surface area (Å²) in [5.41, 5.74) is 0.615. The third-order valence-electron chi connectivity index (χ3n) is 6.48. The number of hydrogen-bond donors (Lipinski definition) is 1. The summed E-state index contributed by atoms with van der Waals surface area (Å²) in [5, 5.41) is 3.68. The zero-order chi connectivity index (χ0) is 16.8. The van der Waals surface area contributed by atoms with Crippen molar-refractivity contribution in [2.75, 3.05) is 60.0 Å². The zero-order valence-corrected chi connectivity index (χ0v) is 18.5. The predicted molar refractivity (Wildman–Crippen MR) is 115 cm³/mol. The Labute approximate surface area is 171 Å². The quantitative estimate of drug-likeness (QED) is 0.386. The van der Waals surface area contributed by atoms with Crippen molar-refractivity contribution in [3.63, 3.8) is 0 Å². The summed E-state index contributed by atoms with van der Waals surface area (Å²) in [4.78, 5) is 9.61. The Morgan fingerprint density at radius 2 is 1.88 bits per heavy atom. The molecule has 2 aliphatic heterocycles. The summed E-state index contributed by atoms with van der Waals surface area (Å²) in [6.45, 7) is 7.84. The van der Waals surface area contributed by atoms with Crippen LogP contribution in [-0.2, 0) is 4.74 Å². The van der Waals surface area contributed by atoms with Gasteiger partial charge in [0.25, 0.3) is 0 Å². The van der Waals surface area contributed by atoms with Crippen LogP contribution in [-0.4, -0.2) is 75.8 Å². The van der Waals surface area contributed by atoms with Gasteiger partial charge in [0.15, 0.2) is 5.96 Å². The molecule has 3 fully saturated rings. The summed E-state index contributed by atoms with van der Waals surface area (Å²) in [7, 11) is 3.73. The van der Waals surface area contributed by atoms with Gasteiger partial charge in [-0.05, 0) is 56.5 Å². The monoisotopic (exact) mass is 464 g/mol. The van der Waals surface area contributed by atoms with Gasteiger partial charge in [-0.3, -0.25) is 4.99 Å². The predicted octanol–water partition coefficient (Wildman–Crippen LogP) is 2.80. The normalized spacial score (nSPS) is 24.7. The molecule has 3 rings (SSSR count). The van der Waals surface area contributed by atoms with Gasteiger partial charge in [0.2, 0.25) is 0 Å². The highest BCUT2D eigenvalue weighted by Crippen LogP contribution is 2.45. The van der Waals surface area contributed by atoms with Gasteiger partial charge in [0, 0.05) is 40.3 Å². The maximum atomic E-state index is 5.19. The molecule has 3 aliphatic rings. The second-order valence-corrected chi connectivity index (χ2v) is 8.08. The lowest BCUT2D eigenvalue weighted by molar-refractivity contribution is 0.120. The van der Waals surface area contributed by atoms with Gasteiger partial charge in [-0.15, -0.1) is 24.0 Å². The lowest BCUT2D eigenvalue weighted by atomic mass is 9.86. The number of halogens is 1. The molecule has 25 heavy (non-hydrogen) atoms. The molecule has 0 aromatic heterocycles. The Morgan fingerprint density at radius 3 is 2.52 bits per heavy atom. The minimum absolute atomic E-state index is 0. The van der Waals surface area contributed by atoms with Gasteiger partial charge in [0.1, 0.15) is 0 Å². The molecule has 146 valence electrons. The van der Waals surface area contributed by atoms with Crippen LogP contribution in [0.5, 0.6) is 0 Å². The highest BCUT2D eigenvalue weighted by atomic mass is 127. The van der Waals surface area contributed by atoms with Crippen LogP contribution in [0.4, 0.5) is 0 Å². The van der Waals surface area contributed by atoms with Gasteiger partial charge in [0.05, 0.1) is 6.61 Å². The van der Waals surface area contributed by atoms with Gasteiger partial charge in [-0.25, -0.2) is 0 Å². The van der Waals surface area contributed by atoms with Crippen molar-refractivity contribution < 1.29 is 4.74 Å². The Hall–Kier alpha value is -0.0800. The number of aliphatic imine (C=N–C) groups is 1. The Balaban J connectivity index is 0.00000225. The summed E-state index contributed by atoms with van der Waals surface area (Å²) in [6.07, 6.45) is 9.67. The SMILES string of the molecule is CN=C(NCC1CCN(CCOC)CC1)N1CCC2(CCCC2)C1.I. The van der Waals surface area contributed by atoms with E-state index in [1.807, 2.05) is 7.05 Å². The number of ether oxygens (including phenoxy) is 1. The number of nitrogens with zero attached hydrogens (tertiary/aromatic N) is 3. The molecule has 0 unspecified atom stereocenters. The van der Waals surface area contributed by atoms with E-state index < -0.39 is 0 Å². The Bertz CT molecular complexity index is 418. The van der Waals surface area contributed by atoms with E-state index in [-0.39, 0.29) is 24.0 Å². The topological polar surface area (TPSA) is 40.1 Å². The molecular weight excluding hydrogens is 427 g/mol. The van der Waals surface area contributed by atoms with E-state index in [2.05, 4.69) is 20.1 Å². The highest BCUT2D eigenvalue weighted by molar-refractivity contribution is 14.0. The number of nitrogens with one attached hydrogen (secondary N) is 1. The summed E-state index contributed by atoms with van der Waals surface area (Å²) < 4.78 is 5.19. The van der Waals surface area contributed by atoms with E-state index in [9.17, 15) is 0 Å². The zero-order valence-electron chi connectivity index (χ0n) is 16.1. The van der Waals surface area contributed by atoms with E-state index in [0.29, 0.717) is 5.41 Å². The second-order valence-electron chi connectivity index (χ2n) is 8.08. The number of piperidine rings is 1. The summed E-state index contributed by atoms with van der Waals surface area (Å²) >= 11 is 0. The molecule has 2 saturated heterocycles. The van der Waals surface area contributed by atoms with Crippen molar-refractivity contribution in [1.29, 1.82) is 0 Å². The molecule has 6 heteroatoms. The van der Waals surface area contributed by atoms with Crippen LogP contribution in [0.3, 0.4) is 0 Å². The molecule has 1 aliphatic carbocycles. The van der Waals surface area contributed by atoms with Crippen molar-refractivity contribution in [3.8, 4) is 0 Å². The Kier molecular flexibility index (Phi) is 8.75. The van der Waals surface area contributed by atoms with E-state index in [0.717, 1.165) is 31.6 Å². The van der Waals surface area contributed by atoms with Crippen molar-refractivity contribution >= 4 is 29.9 Å². The maximum absolute atomic E-state index is 5.19. The molecule has 0 aromatic carbocycles. The molecule has 5 nitrogen and oxygen atoms in total. The molecule has 2 heterocycles. The summed E-state index contributed by atoms with van der Waals surface area (Å²) in [5.74, 6) is 1.92. The average molecular weight is 464 g/mol. The molecule has 0 atom stereocenters. The molecule has 1 saturated carbocycles. The summed E-state index contributed by atoms with van der Waals surface area (Å²) in [6, 6.07) is 0. The first-order valence-corrected chi connectivity index (χ1v) is 9.92. The van der Waals surface area contributed by atoms with Crippen LogP contribution in [0, 0.1) is 11.3 Å². The second kappa shape index (κ2) is 10.3. The minimum atomic E-state index is 0. The van der Waals surface area contributed by atoms with Crippen LogP contribution in [0.15, 0.2) is 4.99 Å². The molecule has 0 aromatic rings. The van der Waals surface area contributed by atoms with Gasteiger partial charge in [-0.2, -0.15) is 0 Å². The van der Waals surface area contributed by atoms with Crippen molar-refractivity contribution in [2.24, 2.45) is 16.3 Å². The van der Waals surface area contributed by atoms with Crippen LogP contribution in [0.1, 0.15) is 44.9 Å². The van der Waals surface area contributed by atoms with Crippen LogP contribution in [0.2, 0.25) is 0 Å². The first kappa shape index (κ1) is 21.2. The number of hydrogen-bond acceptors (Lipinski definition) is 3. The van der Waals surface area contributed by atoms with Gasteiger partial charge < -0.3 is 19.9 Å². The van der Waals surface area contributed by atoms with E-state index in [1.165, 1.54) is 71.1 Å². The highest BCUT2D eigenvalue weighted by Gasteiger charge is 2.41. The van der Waals surface area contributed by atoms with Crippen molar-refractivity contribution in [1.82, 2.24) is 15.1 Å². The first-order valence-electron chi connectivity index (χ1n) is 9.92. The largest absolute Gasteiger partial charge is 0.383 e. The molecule has 1 spiro atoms. The fourth-order valence-corrected chi connectivity index (χ4v) is 4.85. The molecule has 1 N–H and O–H groups in total. The number of methoxy groups -OCH3 is 1. The fraction of sp³-hybridized carbons (Fsp3) is 0.947. The lowest BCUT2D eigenvalue weighted by Crippen LogP contribution is -2.45. The van der Waals surface area contributed by atoms with Crippen LogP contribution in [0.25, 0.3) is 0 Å². The van der Waals surface area contributed by atoms with E-state index in [1.54, 1.807) is 7.11 Å². The van der Waals surface area contributed by atoms with Gasteiger partial charge in [-0.1, -0.05) is 12.8 Å². The van der Waals surface area contributed by atoms with E-state index in [4.69, 9.17) is 4.74 Å². The molecular formula is C19H37IN4O. The van der Waals surface area contributed by atoms with Crippen molar-refractivity contribution in [3.05, 3.63) is 0 Å². The average Bonchev–Trinajstić information content (AvgIpc) is 3.25. The van der Waals surface area contributed by atoms with Crippen LogP contribution >= 0.6 is 24.0 Å². The standard InChI is InChI=1S/C19H36N4O.HI/c1-20-18(23-12-9-19(16-23)7-3-4-8-19)21-15-17-5-10-22(11-6-17)13-14-24-2;/h17H,3-16H2,1-2H3,(H,20,21);1H. The number of rotatable bonds is 5. The minimum Gasteiger partial charge on any atom is -0.383 e. The third kappa shape index (κ3) is 5.70. The number of likely N-dealkylation sites (tertiary alicyclic amines) is 2. The van der Waals surface area contributed by atoms with Crippen LogP contribution < -0.4 is 5.32 Å². The molecule has 0 radical (unpaired) electrons. The smallest absolute Gasteiger partial charge is 0.193 e. The number of guanidine groups is 1. The third-order valence-corrected chi connectivity index (χ3v) is 6.48. The fourth-order valence-electron chi connectivity index (χ4n) is 4.85. The van der Waals surface area contributed by atoms with Gasteiger partial charge >= 0.3 is 0 Å².